The average Bonchev–Trinajstić information content (AvgIpc) is 2.73. The van der Waals surface area contributed by atoms with Crippen LogP contribution in [0.15, 0.2) is 4.52 Å². The van der Waals surface area contributed by atoms with Crippen LogP contribution in [0.2, 0.25) is 0 Å². The molecule has 21 heavy (non-hydrogen) atoms. The Morgan fingerprint density at radius 1 is 1.29 bits per heavy atom. The third kappa shape index (κ3) is 4.06. The third-order valence-electron chi connectivity index (χ3n) is 4.67. The number of nitrogens with one attached hydrogen (secondary N) is 1. The molecule has 1 fully saturated rings. The highest BCUT2D eigenvalue weighted by Crippen LogP contribution is 2.39. The van der Waals surface area contributed by atoms with Crippen LogP contribution in [0.4, 0.5) is 0 Å². The smallest absolute Gasteiger partial charge is 0.224 e. The molecule has 118 valence electrons. The summed E-state index contributed by atoms with van der Waals surface area (Å²) in [5.41, 5.74) is 1.13. The average molecular weight is 294 g/mol. The first-order chi connectivity index (χ1) is 9.71. The number of aliphatic hydroxyl groups is 1. The molecule has 1 heterocycles. The van der Waals surface area contributed by atoms with Crippen molar-refractivity contribution in [1.82, 2.24) is 10.5 Å². The van der Waals surface area contributed by atoms with Crippen molar-refractivity contribution < 1.29 is 14.4 Å². The predicted octanol–water partition coefficient (Wildman–Crippen LogP) is 2.28. The van der Waals surface area contributed by atoms with E-state index >= 15 is 0 Å². The Balaban J connectivity index is 1.84. The van der Waals surface area contributed by atoms with Crippen molar-refractivity contribution in [1.29, 1.82) is 0 Å². The standard InChI is InChI=1S/C16H26N2O3/c1-11-13(12(2)21-18-11)9-14(19)17-10-16(20)7-5-15(3,4)6-8-16/h20H,5-10H2,1-4H3,(H,17,19). The molecule has 0 aromatic carbocycles. The molecule has 0 saturated heterocycles. The zero-order valence-corrected chi connectivity index (χ0v) is 13.5. The fraction of sp³-hybridized carbons (Fsp3) is 0.750. The first kappa shape index (κ1) is 16.0. The Morgan fingerprint density at radius 2 is 1.90 bits per heavy atom. The van der Waals surface area contributed by atoms with Gasteiger partial charge in [0.05, 0.1) is 17.7 Å². The van der Waals surface area contributed by atoms with Gasteiger partial charge in [-0.2, -0.15) is 0 Å². The fourth-order valence-electron chi connectivity index (χ4n) is 2.81. The minimum atomic E-state index is -0.760. The Hall–Kier alpha value is -1.36. The summed E-state index contributed by atoms with van der Waals surface area (Å²) in [4.78, 5) is 12.0. The van der Waals surface area contributed by atoms with Crippen LogP contribution in [-0.4, -0.2) is 28.3 Å². The molecule has 0 radical (unpaired) electrons. The number of carbonyl (C=O) groups excluding carboxylic acids is 1. The number of aryl methyl sites for hydroxylation is 2. The van der Waals surface area contributed by atoms with E-state index in [-0.39, 0.29) is 12.3 Å². The lowest BCUT2D eigenvalue weighted by atomic mass is 9.71. The minimum Gasteiger partial charge on any atom is -0.388 e. The summed E-state index contributed by atoms with van der Waals surface area (Å²) in [6.07, 6.45) is 3.71. The molecule has 1 saturated carbocycles. The van der Waals surface area contributed by atoms with Crippen LogP contribution in [0.5, 0.6) is 0 Å². The predicted molar refractivity (Wildman–Crippen MR) is 79.9 cm³/mol. The van der Waals surface area contributed by atoms with Crippen LogP contribution in [0.3, 0.4) is 0 Å². The minimum absolute atomic E-state index is 0.0948. The molecule has 2 N–H and O–H groups in total. The molecular formula is C16H26N2O3. The van der Waals surface area contributed by atoms with Gasteiger partial charge >= 0.3 is 0 Å². The van der Waals surface area contributed by atoms with Crippen LogP contribution in [-0.2, 0) is 11.2 Å². The fourth-order valence-corrected chi connectivity index (χ4v) is 2.81. The molecule has 1 aromatic rings. The summed E-state index contributed by atoms with van der Waals surface area (Å²) in [6, 6.07) is 0. The molecule has 1 aliphatic rings. The van der Waals surface area contributed by atoms with Gasteiger partial charge in [-0.1, -0.05) is 19.0 Å². The van der Waals surface area contributed by atoms with Crippen LogP contribution < -0.4 is 5.32 Å². The zero-order valence-electron chi connectivity index (χ0n) is 13.5. The second-order valence-corrected chi connectivity index (χ2v) is 7.14. The maximum atomic E-state index is 12.0. The normalized spacial score (nSPS) is 20.2. The highest BCUT2D eigenvalue weighted by atomic mass is 16.5. The third-order valence-corrected chi connectivity index (χ3v) is 4.67. The van der Waals surface area contributed by atoms with Gasteiger partial charge in [0.1, 0.15) is 5.76 Å². The van der Waals surface area contributed by atoms with E-state index in [1.807, 2.05) is 6.92 Å². The van der Waals surface area contributed by atoms with E-state index in [2.05, 4.69) is 24.3 Å². The van der Waals surface area contributed by atoms with Crippen LogP contribution in [0.1, 0.15) is 56.5 Å². The molecule has 0 aliphatic heterocycles. The molecule has 1 aliphatic carbocycles. The topological polar surface area (TPSA) is 75.4 Å². The molecule has 5 heteroatoms. The van der Waals surface area contributed by atoms with Crippen molar-refractivity contribution in [3.05, 3.63) is 17.0 Å². The van der Waals surface area contributed by atoms with E-state index < -0.39 is 5.60 Å². The quantitative estimate of drug-likeness (QED) is 0.893. The first-order valence-corrected chi connectivity index (χ1v) is 7.62. The number of carbonyl (C=O) groups is 1. The molecule has 1 amide bonds. The molecule has 0 unspecified atom stereocenters. The van der Waals surface area contributed by atoms with Gasteiger partial charge in [-0.05, 0) is 44.9 Å². The number of nitrogens with zero attached hydrogens (tertiary/aromatic N) is 1. The van der Waals surface area contributed by atoms with Crippen molar-refractivity contribution >= 4 is 5.91 Å². The Morgan fingerprint density at radius 3 is 2.43 bits per heavy atom. The molecule has 2 rings (SSSR count). The summed E-state index contributed by atoms with van der Waals surface area (Å²) in [7, 11) is 0. The molecule has 1 aromatic heterocycles. The lowest BCUT2D eigenvalue weighted by molar-refractivity contribution is -0.122. The van der Waals surface area contributed by atoms with Crippen LogP contribution >= 0.6 is 0 Å². The summed E-state index contributed by atoms with van der Waals surface area (Å²) < 4.78 is 5.05. The number of amides is 1. The van der Waals surface area contributed by atoms with Gasteiger partial charge in [0, 0.05) is 12.1 Å². The zero-order chi connectivity index (χ0) is 15.7. The van der Waals surface area contributed by atoms with Crippen molar-refractivity contribution in [2.24, 2.45) is 5.41 Å². The van der Waals surface area contributed by atoms with Crippen LogP contribution in [0.25, 0.3) is 0 Å². The summed E-state index contributed by atoms with van der Waals surface area (Å²) in [5, 5.41) is 17.2. The Labute approximate surface area is 126 Å². The van der Waals surface area contributed by atoms with Gasteiger partial charge in [-0.15, -0.1) is 0 Å². The van der Waals surface area contributed by atoms with Gasteiger partial charge in [-0.3, -0.25) is 4.79 Å². The van der Waals surface area contributed by atoms with E-state index in [1.165, 1.54) is 0 Å². The Bertz CT molecular complexity index is 490. The number of hydrogen-bond acceptors (Lipinski definition) is 4. The molecular weight excluding hydrogens is 268 g/mol. The van der Waals surface area contributed by atoms with E-state index in [0.29, 0.717) is 17.7 Å². The van der Waals surface area contributed by atoms with Crippen molar-refractivity contribution in [3.8, 4) is 0 Å². The van der Waals surface area contributed by atoms with Gasteiger partial charge in [0.15, 0.2) is 0 Å². The first-order valence-electron chi connectivity index (χ1n) is 7.62. The highest BCUT2D eigenvalue weighted by molar-refractivity contribution is 5.79. The monoisotopic (exact) mass is 294 g/mol. The number of aromatic nitrogens is 1. The maximum Gasteiger partial charge on any atom is 0.224 e. The lowest BCUT2D eigenvalue weighted by Gasteiger charge is -2.40. The number of rotatable bonds is 4. The second-order valence-electron chi connectivity index (χ2n) is 7.14. The highest BCUT2D eigenvalue weighted by Gasteiger charge is 2.36. The second kappa shape index (κ2) is 5.79. The molecule has 0 atom stereocenters. The summed E-state index contributed by atoms with van der Waals surface area (Å²) in [6.45, 7) is 8.41. The molecule has 0 bridgehead atoms. The van der Waals surface area contributed by atoms with Crippen molar-refractivity contribution in [2.45, 2.75) is 65.4 Å². The Kier molecular flexibility index (Phi) is 4.42. The van der Waals surface area contributed by atoms with Gasteiger partial charge in [-0.25, -0.2) is 0 Å². The summed E-state index contributed by atoms with van der Waals surface area (Å²) in [5.74, 6) is 0.587. The molecule has 5 nitrogen and oxygen atoms in total. The van der Waals surface area contributed by atoms with Crippen molar-refractivity contribution in [3.63, 3.8) is 0 Å². The van der Waals surface area contributed by atoms with E-state index in [4.69, 9.17) is 4.52 Å². The van der Waals surface area contributed by atoms with E-state index in [1.54, 1.807) is 6.92 Å². The maximum absolute atomic E-state index is 12.0. The summed E-state index contributed by atoms with van der Waals surface area (Å²) >= 11 is 0. The van der Waals surface area contributed by atoms with E-state index in [0.717, 1.165) is 36.9 Å². The van der Waals surface area contributed by atoms with Crippen molar-refractivity contribution in [2.75, 3.05) is 6.54 Å². The number of hydrogen-bond donors (Lipinski definition) is 2. The van der Waals surface area contributed by atoms with Gasteiger partial charge in [0.25, 0.3) is 0 Å². The lowest BCUT2D eigenvalue weighted by Crippen LogP contribution is -2.46. The van der Waals surface area contributed by atoms with Crippen LogP contribution in [0, 0.1) is 19.3 Å². The SMILES string of the molecule is Cc1noc(C)c1CC(=O)NCC1(O)CCC(C)(C)CC1. The largest absolute Gasteiger partial charge is 0.388 e. The molecule has 0 spiro atoms. The van der Waals surface area contributed by atoms with Gasteiger partial charge < -0.3 is 14.9 Å². The van der Waals surface area contributed by atoms with E-state index in [9.17, 15) is 9.90 Å². The van der Waals surface area contributed by atoms with Gasteiger partial charge in [0.2, 0.25) is 5.91 Å².